The van der Waals surface area contributed by atoms with Crippen LogP contribution in [0.5, 0.6) is 0 Å². The first-order valence-corrected chi connectivity index (χ1v) is 6.93. The number of halogens is 1. The normalized spacial score (nSPS) is 10.0. The van der Waals surface area contributed by atoms with E-state index in [-0.39, 0.29) is 18.0 Å². The third-order valence-electron chi connectivity index (χ3n) is 2.93. The number of carbonyl (C=O) groups is 2. The van der Waals surface area contributed by atoms with Gasteiger partial charge in [-0.25, -0.2) is 0 Å². The van der Waals surface area contributed by atoms with Gasteiger partial charge in [-0.15, -0.1) is 0 Å². The molecule has 0 saturated heterocycles. The van der Waals surface area contributed by atoms with Crippen molar-refractivity contribution in [3.8, 4) is 0 Å². The zero-order valence-electron chi connectivity index (χ0n) is 11.7. The summed E-state index contributed by atoms with van der Waals surface area (Å²) < 4.78 is 0. The van der Waals surface area contributed by atoms with E-state index in [1.807, 2.05) is 12.1 Å². The van der Waals surface area contributed by atoms with Crippen LogP contribution in [0.15, 0.2) is 42.7 Å². The highest BCUT2D eigenvalue weighted by atomic mass is 35.5. The first kappa shape index (κ1) is 15.8. The highest BCUT2D eigenvalue weighted by molar-refractivity contribution is 6.31. The molecule has 2 rings (SSSR count). The lowest BCUT2D eigenvalue weighted by Gasteiger charge is -2.11. The van der Waals surface area contributed by atoms with Gasteiger partial charge in [-0.05, 0) is 35.9 Å². The van der Waals surface area contributed by atoms with Gasteiger partial charge in [-0.1, -0.05) is 11.6 Å². The second-order valence-electron chi connectivity index (χ2n) is 4.54. The average Bonchev–Trinajstić information content (AvgIpc) is 2.52. The molecule has 0 aliphatic rings. The Labute approximate surface area is 132 Å². The molecule has 6 nitrogen and oxygen atoms in total. The summed E-state index contributed by atoms with van der Waals surface area (Å²) >= 11 is 5.82. The average molecular weight is 319 g/mol. The van der Waals surface area contributed by atoms with Crippen LogP contribution >= 0.6 is 11.6 Å². The van der Waals surface area contributed by atoms with Gasteiger partial charge in [0, 0.05) is 29.6 Å². The number of anilines is 1. The number of hydrogen-bond donors (Lipinski definition) is 3. The van der Waals surface area contributed by atoms with Crippen LogP contribution in [0.4, 0.5) is 5.69 Å². The quantitative estimate of drug-likeness (QED) is 0.753. The van der Waals surface area contributed by atoms with Gasteiger partial charge in [0.2, 0.25) is 5.91 Å². The zero-order chi connectivity index (χ0) is 15.9. The molecular formula is C15H15ClN4O2. The lowest BCUT2D eigenvalue weighted by atomic mass is 10.1. The number of aromatic nitrogens is 1. The van der Waals surface area contributed by atoms with Crippen LogP contribution in [0.3, 0.4) is 0 Å². The lowest BCUT2D eigenvalue weighted by molar-refractivity contribution is -0.119. The minimum absolute atomic E-state index is 0.0208. The Balaban J connectivity index is 1.90. The minimum atomic E-state index is -0.609. The van der Waals surface area contributed by atoms with Crippen LogP contribution < -0.4 is 16.4 Å². The second-order valence-corrected chi connectivity index (χ2v) is 4.98. The van der Waals surface area contributed by atoms with Crippen LogP contribution in [0, 0.1) is 0 Å². The van der Waals surface area contributed by atoms with Gasteiger partial charge in [-0.2, -0.15) is 0 Å². The van der Waals surface area contributed by atoms with Crippen molar-refractivity contribution < 1.29 is 9.59 Å². The third kappa shape index (κ3) is 4.46. The van der Waals surface area contributed by atoms with Crippen molar-refractivity contribution in [1.29, 1.82) is 0 Å². The molecule has 0 atom stereocenters. The molecule has 0 saturated carbocycles. The molecule has 0 aliphatic carbocycles. The molecule has 114 valence electrons. The number of hydrogen-bond acceptors (Lipinski definition) is 4. The molecule has 0 bridgehead atoms. The number of carbonyl (C=O) groups excluding carboxylic acids is 2. The Morgan fingerprint density at radius 3 is 2.59 bits per heavy atom. The molecule has 0 fully saturated rings. The summed E-state index contributed by atoms with van der Waals surface area (Å²) in [6.45, 7) is 0.430. The van der Waals surface area contributed by atoms with E-state index in [1.165, 1.54) is 6.07 Å². The van der Waals surface area contributed by atoms with Crippen molar-refractivity contribution in [1.82, 2.24) is 10.3 Å². The maximum Gasteiger partial charge on any atom is 0.250 e. The zero-order valence-corrected chi connectivity index (χ0v) is 12.4. The largest absolute Gasteiger partial charge is 0.376 e. The maximum absolute atomic E-state index is 11.8. The van der Waals surface area contributed by atoms with Gasteiger partial charge in [0.1, 0.15) is 0 Å². The van der Waals surface area contributed by atoms with Crippen molar-refractivity contribution >= 4 is 29.1 Å². The van der Waals surface area contributed by atoms with E-state index in [1.54, 1.807) is 24.5 Å². The molecule has 1 aromatic carbocycles. The van der Waals surface area contributed by atoms with Gasteiger partial charge in [-0.3, -0.25) is 14.6 Å². The molecule has 7 heteroatoms. The van der Waals surface area contributed by atoms with E-state index < -0.39 is 5.91 Å². The number of nitrogens with zero attached hydrogens (tertiary/aromatic N) is 1. The predicted octanol–water partition coefficient (Wildman–Crippen LogP) is 1.56. The fourth-order valence-corrected chi connectivity index (χ4v) is 1.99. The molecule has 4 N–H and O–H groups in total. The van der Waals surface area contributed by atoms with Crippen LogP contribution in [-0.2, 0) is 11.3 Å². The Morgan fingerprint density at radius 1 is 1.18 bits per heavy atom. The van der Waals surface area contributed by atoms with Gasteiger partial charge >= 0.3 is 0 Å². The lowest BCUT2D eigenvalue weighted by Crippen LogP contribution is -2.30. The first-order valence-electron chi connectivity index (χ1n) is 6.55. The van der Waals surface area contributed by atoms with Crippen molar-refractivity contribution in [2.45, 2.75) is 6.54 Å². The Bertz CT molecular complexity index is 676. The SMILES string of the molecule is NC(=O)c1cc(Cl)ccc1NCC(=O)NCc1ccncc1. The Hall–Kier alpha value is -2.60. The van der Waals surface area contributed by atoms with Crippen molar-refractivity contribution in [3.05, 3.63) is 58.9 Å². The number of nitrogens with one attached hydrogen (secondary N) is 2. The summed E-state index contributed by atoms with van der Waals surface area (Å²) in [5.41, 5.74) is 6.95. The van der Waals surface area contributed by atoms with Gasteiger partial charge in [0.05, 0.1) is 12.1 Å². The number of amides is 2. The molecule has 2 amide bonds. The van der Waals surface area contributed by atoms with E-state index in [0.29, 0.717) is 17.3 Å². The number of nitrogens with two attached hydrogens (primary N) is 1. The molecule has 0 spiro atoms. The summed E-state index contributed by atoms with van der Waals surface area (Å²) in [7, 11) is 0. The Morgan fingerprint density at radius 2 is 1.91 bits per heavy atom. The third-order valence-corrected chi connectivity index (χ3v) is 3.16. The predicted molar refractivity (Wildman–Crippen MR) is 84.5 cm³/mol. The van der Waals surface area contributed by atoms with Crippen LogP contribution in [0.25, 0.3) is 0 Å². The Kier molecular flexibility index (Phi) is 5.32. The minimum Gasteiger partial charge on any atom is -0.376 e. The standard InChI is InChI=1S/C15H15ClN4O2/c16-11-1-2-13(12(7-11)15(17)22)19-9-14(21)20-8-10-3-5-18-6-4-10/h1-7,19H,8-9H2,(H2,17,22)(H,20,21). The van der Waals surface area contributed by atoms with Gasteiger partial charge in [0.15, 0.2) is 0 Å². The summed E-state index contributed by atoms with van der Waals surface area (Å²) in [6.07, 6.45) is 3.32. The summed E-state index contributed by atoms with van der Waals surface area (Å²) in [5, 5.41) is 6.04. The van der Waals surface area contributed by atoms with E-state index in [0.717, 1.165) is 5.56 Å². The number of rotatable bonds is 6. The number of pyridine rings is 1. The molecule has 22 heavy (non-hydrogen) atoms. The van der Waals surface area contributed by atoms with Gasteiger partial charge in [0.25, 0.3) is 5.91 Å². The number of benzene rings is 1. The van der Waals surface area contributed by atoms with Crippen molar-refractivity contribution in [2.75, 3.05) is 11.9 Å². The molecule has 1 heterocycles. The highest BCUT2D eigenvalue weighted by Gasteiger charge is 2.10. The van der Waals surface area contributed by atoms with Crippen LogP contribution in [0.2, 0.25) is 5.02 Å². The smallest absolute Gasteiger partial charge is 0.250 e. The van der Waals surface area contributed by atoms with E-state index in [4.69, 9.17) is 17.3 Å². The molecule has 0 aliphatic heterocycles. The van der Waals surface area contributed by atoms with Crippen LogP contribution in [-0.4, -0.2) is 23.3 Å². The second kappa shape index (κ2) is 7.42. The van der Waals surface area contributed by atoms with Gasteiger partial charge < -0.3 is 16.4 Å². The first-order chi connectivity index (χ1) is 10.6. The van der Waals surface area contributed by atoms with E-state index in [2.05, 4.69) is 15.6 Å². The monoisotopic (exact) mass is 318 g/mol. The maximum atomic E-state index is 11.8. The molecule has 0 unspecified atom stereocenters. The molecular weight excluding hydrogens is 304 g/mol. The topological polar surface area (TPSA) is 97.1 Å². The number of primary amides is 1. The fourth-order valence-electron chi connectivity index (χ4n) is 1.81. The van der Waals surface area contributed by atoms with E-state index in [9.17, 15) is 9.59 Å². The highest BCUT2D eigenvalue weighted by Crippen LogP contribution is 2.19. The molecule has 0 radical (unpaired) electrons. The molecule has 1 aromatic heterocycles. The molecule has 2 aromatic rings. The summed E-state index contributed by atoms with van der Waals surface area (Å²) in [6, 6.07) is 8.32. The van der Waals surface area contributed by atoms with Crippen molar-refractivity contribution in [2.24, 2.45) is 5.73 Å². The van der Waals surface area contributed by atoms with Crippen LogP contribution in [0.1, 0.15) is 15.9 Å². The van der Waals surface area contributed by atoms with E-state index >= 15 is 0 Å². The summed E-state index contributed by atoms with van der Waals surface area (Å²) in [5.74, 6) is -0.815. The summed E-state index contributed by atoms with van der Waals surface area (Å²) in [4.78, 5) is 27.1. The fraction of sp³-hybridized carbons (Fsp3) is 0.133. The van der Waals surface area contributed by atoms with Crippen molar-refractivity contribution in [3.63, 3.8) is 0 Å².